The van der Waals surface area contributed by atoms with E-state index in [4.69, 9.17) is 4.44 Å². The van der Waals surface area contributed by atoms with Gasteiger partial charge in [0.2, 0.25) is 0 Å². The highest BCUT2D eigenvalue weighted by molar-refractivity contribution is 7.65. The van der Waals surface area contributed by atoms with Crippen LogP contribution in [-0.2, 0) is 4.44 Å². The van der Waals surface area contributed by atoms with Crippen LogP contribution in [0.1, 0.15) is 96.3 Å². The van der Waals surface area contributed by atoms with Gasteiger partial charge < -0.3 is 14.5 Å². The Balaban J connectivity index is 1.63. The first-order chi connectivity index (χ1) is 12.2. The van der Waals surface area contributed by atoms with Gasteiger partial charge in [-0.15, -0.1) is 0 Å². The Morgan fingerprint density at radius 3 is 1.56 bits per heavy atom. The SMILES string of the molecule is OB(O)OP1C(C2CCCCC2)C1(C1CCCCC1)C1CCCCC1. The minimum absolute atomic E-state index is 0.335. The van der Waals surface area contributed by atoms with Crippen molar-refractivity contribution in [2.24, 2.45) is 17.8 Å². The molecular formula is C20H36BO3P. The largest absolute Gasteiger partial charge is 0.637 e. The predicted octanol–water partition coefficient (Wildman–Crippen LogP) is 5.23. The lowest BCUT2D eigenvalue weighted by molar-refractivity contribution is 0.173. The Hall–Kier alpha value is 0.375. The zero-order chi connectivity index (χ0) is 17.3. The summed E-state index contributed by atoms with van der Waals surface area (Å²) < 4.78 is 5.93. The molecule has 0 aromatic carbocycles. The van der Waals surface area contributed by atoms with Crippen molar-refractivity contribution < 1.29 is 14.5 Å². The topological polar surface area (TPSA) is 49.7 Å². The van der Waals surface area contributed by atoms with Crippen molar-refractivity contribution in [1.82, 2.24) is 0 Å². The van der Waals surface area contributed by atoms with E-state index in [1.165, 1.54) is 96.3 Å². The molecule has 2 N–H and O–H groups in total. The molecular weight excluding hydrogens is 330 g/mol. The summed E-state index contributed by atoms with van der Waals surface area (Å²) in [4.78, 5) is 0. The van der Waals surface area contributed by atoms with E-state index >= 15 is 0 Å². The van der Waals surface area contributed by atoms with Crippen LogP contribution in [0.2, 0.25) is 0 Å². The zero-order valence-corrected chi connectivity index (χ0v) is 16.6. The molecule has 0 amide bonds. The van der Waals surface area contributed by atoms with Crippen LogP contribution in [0.4, 0.5) is 0 Å². The summed E-state index contributed by atoms with van der Waals surface area (Å²) >= 11 is 0. The van der Waals surface area contributed by atoms with Crippen LogP contribution in [0.15, 0.2) is 0 Å². The Labute approximate surface area is 155 Å². The van der Waals surface area contributed by atoms with E-state index in [2.05, 4.69) is 0 Å². The molecule has 3 nitrogen and oxygen atoms in total. The molecule has 0 aromatic rings. The maximum absolute atomic E-state index is 9.66. The van der Waals surface area contributed by atoms with Gasteiger partial charge in [-0.1, -0.05) is 57.8 Å². The lowest BCUT2D eigenvalue weighted by Gasteiger charge is -2.40. The lowest BCUT2D eigenvalue weighted by Crippen LogP contribution is -2.39. The molecule has 3 saturated carbocycles. The van der Waals surface area contributed by atoms with Crippen LogP contribution in [-0.4, -0.2) is 28.2 Å². The van der Waals surface area contributed by atoms with E-state index < -0.39 is 15.5 Å². The fourth-order valence-electron chi connectivity index (χ4n) is 6.90. The molecule has 4 rings (SSSR count). The molecule has 0 aromatic heterocycles. The second kappa shape index (κ2) is 8.17. The van der Waals surface area contributed by atoms with Crippen molar-refractivity contribution in [2.45, 2.75) is 107 Å². The Bertz CT molecular complexity index is 411. The van der Waals surface area contributed by atoms with Crippen molar-refractivity contribution in [1.29, 1.82) is 0 Å². The maximum Gasteiger partial charge on any atom is 0.637 e. The van der Waals surface area contributed by atoms with Gasteiger partial charge in [-0.2, -0.15) is 0 Å². The van der Waals surface area contributed by atoms with Gasteiger partial charge in [0.15, 0.2) is 0 Å². The Morgan fingerprint density at radius 2 is 1.12 bits per heavy atom. The molecule has 1 aliphatic heterocycles. The first-order valence-corrected chi connectivity index (χ1v) is 12.4. The monoisotopic (exact) mass is 366 g/mol. The van der Waals surface area contributed by atoms with Gasteiger partial charge in [-0.05, 0) is 56.3 Å². The third-order valence-electron chi connectivity index (χ3n) is 7.86. The molecule has 0 spiro atoms. The van der Waals surface area contributed by atoms with Crippen LogP contribution in [0.25, 0.3) is 0 Å². The van der Waals surface area contributed by atoms with Crippen molar-refractivity contribution in [2.75, 3.05) is 0 Å². The molecule has 2 atom stereocenters. The molecule has 25 heavy (non-hydrogen) atoms. The highest BCUT2D eigenvalue weighted by atomic mass is 31.2. The highest BCUT2D eigenvalue weighted by Crippen LogP contribution is 2.86. The molecule has 0 bridgehead atoms. The summed E-state index contributed by atoms with van der Waals surface area (Å²) in [6, 6.07) is 0. The minimum Gasteiger partial charge on any atom is -0.402 e. The third kappa shape index (κ3) is 3.58. The van der Waals surface area contributed by atoms with Gasteiger partial charge >= 0.3 is 7.32 Å². The van der Waals surface area contributed by atoms with Crippen LogP contribution in [0, 0.1) is 17.8 Å². The summed E-state index contributed by atoms with van der Waals surface area (Å²) in [5.41, 5.74) is 0.663. The third-order valence-corrected chi connectivity index (χ3v) is 11.1. The number of hydrogen-bond acceptors (Lipinski definition) is 3. The smallest absolute Gasteiger partial charge is 0.402 e. The van der Waals surface area contributed by atoms with Gasteiger partial charge in [0.25, 0.3) is 0 Å². The van der Waals surface area contributed by atoms with Gasteiger partial charge in [0.1, 0.15) is 0 Å². The summed E-state index contributed by atoms with van der Waals surface area (Å²) in [7, 11) is -2.23. The quantitative estimate of drug-likeness (QED) is 0.517. The molecule has 1 heterocycles. The van der Waals surface area contributed by atoms with E-state index in [0.29, 0.717) is 10.8 Å². The summed E-state index contributed by atoms with van der Waals surface area (Å²) in [5, 5.41) is 19.7. The van der Waals surface area contributed by atoms with Crippen molar-refractivity contribution >= 4 is 15.5 Å². The number of rotatable bonds is 5. The highest BCUT2D eigenvalue weighted by Gasteiger charge is 2.73. The minimum atomic E-state index is -1.56. The molecule has 1 saturated heterocycles. The van der Waals surface area contributed by atoms with Gasteiger partial charge in [-0.3, -0.25) is 0 Å². The van der Waals surface area contributed by atoms with Crippen LogP contribution < -0.4 is 0 Å². The molecule has 0 radical (unpaired) electrons. The van der Waals surface area contributed by atoms with E-state index in [9.17, 15) is 10.0 Å². The fraction of sp³-hybridized carbons (Fsp3) is 1.00. The summed E-state index contributed by atoms with van der Waals surface area (Å²) in [6.45, 7) is 0. The Morgan fingerprint density at radius 1 is 0.680 bits per heavy atom. The molecule has 3 aliphatic carbocycles. The first kappa shape index (κ1) is 18.7. The van der Waals surface area contributed by atoms with E-state index in [-0.39, 0.29) is 0 Å². The summed E-state index contributed by atoms with van der Waals surface area (Å²) in [5.74, 6) is 2.38. The normalized spacial score (nSPS) is 34.8. The van der Waals surface area contributed by atoms with E-state index in [1.54, 1.807) is 0 Å². The molecule has 4 fully saturated rings. The van der Waals surface area contributed by atoms with Gasteiger partial charge in [-0.25, -0.2) is 0 Å². The first-order valence-electron chi connectivity index (χ1n) is 11.1. The Kier molecular flexibility index (Phi) is 6.12. The second-order valence-electron chi connectivity index (χ2n) is 9.16. The standard InChI is InChI=1S/C20H36BO3P/c22-21(23)24-25-19(16-10-4-1-5-11-16)20(25,17-12-6-2-7-13-17)18-14-8-3-9-15-18/h16-19,22-23H,1-15H2. The molecule has 5 heteroatoms. The molecule has 4 aliphatic rings. The van der Waals surface area contributed by atoms with E-state index in [1.807, 2.05) is 0 Å². The predicted molar refractivity (Wildman–Crippen MR) is 104 cm³/mol. The lowest BCUT2D eigenvalue weighted by atomic mass is 9.65. The molecule has 142 valence electrons. The van der Waals surface area contributed by atoms with Gasteiger partial charge in [0, 0.05) is 19.0 Å². The van der Waals surface area contributed by atoms with Crippen LogP contribution >= 0.6 is 8.15 Å². The number of hydrogen-bond donors (Lipinski definition) is 2. The van der Waals surface area contributed by atoms with Gasteiger partial charge in [0.05, 0.1) is 0 Å². The van der Waals surface area contributed by atoms with Crippen molar-refractivity contribution in [3.63, 3.8) is 0 Å². The average molecular weight is 366 g/mol. The van der Waals surface area contributed by atoms with Crippen LogP contribution in [0.3, 0.4) is 0 Å². The van der Waals surface area contributed by atoms with Crippen molar-refractivity contribution in [3.8, 4) is 0 Å². The maximum atomic E-state index is 9.66. The van der Waals surface area contributed by atoms with Crippen LogP contribution in [0.5, 0.6) is 0 Å². The average Bonchev–Trinajstić information content (AvgIpc) is 3.32. The second-order valence-corrected chi connectivity index (χ2v) is 11.4. The van der Waals surface area contributed by atoms with Crippen molar-refractivity contribution in [3.05, 3.63) is 0 Å². The fourth-order valence-corrected chi connectivity index (χ4v) is 10.7. The van der Waals surface area contributed by atoms with E-state index in [0.717, 1.165) is 17.8 Å². The zero-order valence-electron chi connectivity index (χ0n) is 15.7. The summed E-state index contributed by atoms with van der Waals surface area (Å²) in [6.07, 6.45) is 20.6. The molecule has 2 unspecified atom stereocenters.